The number of nitrogens with one attached hydrogen (secondary N) is 1. The van der Waals surface area contributed by atoms with E-state index in [2.05, 4.69) is 5.32 Å². The van der Waals surface area contributed by atoms with Crippen LogP contribution >= 0.6 is 12.4 Å². The smallest absolute Gasteiger partial charge is 0.243 e. The molecule has 0 spiro atoms. The van der Waals surface area contributed by atoms with Crippen LogP contribution < -0.4 is 5.32 Å². The zero-order valence-corrected chi connectivity index (χ0v) is 14.3. The van der Waals surface area contributed by atoms with Crippen molar-refractivity contribution in [1.29, 1.82) is 0 Å². The van der Waals surface area contributed by atoms with Gasteiger partial charge < -0.3 is 5.32 Å². The largest absolute Gasteiger partial charge is 0.315 e. The number of fused-ring (bicyclic) bond motifs is 3. The lowest BCUT2D eigenvalue weighted by Crippen LogP contribution is -2.42. The van der Waals surface area contributed by atoms with Crippen molar-refractivity contribution in [1.82, 2.24) is 9.62 Å². The van der Waals surface area contributed by atoms with Crippen molar-refractivity contribution in [3.63, 3.8) is 0 Å². The molecule has 2 aliphatic heterocycles. The Morgan fingerprint density at radius 1 is 1.05 bits per heavy atom. The van der Waals surface area contributed by atoms with Crippen molar-refractivity contribution in [3.05, 3.63) is 29.3 Å². The highest BCUT2D eigenvalue weighted by Gasteiger charge is 2.43. The van der Waals surface area contributed by atoms with Crippen LogP contribution in [-0.4, -0.2) is 37.9 Å². The van der Waals surface area contributed by atoms with Crippen LogP contribution in [0, 0.1) is 0 Å². The molecule has 0 aromatic heterocycles. The van der Waals surface area contributed by atoms with E-state index in [9.17, 15) is 8.42 Å². The van der Waals surface area contributed by atoms with Gasteiger partial charge in [0.15, 0.2) is 0 Å². The molecule has 1 N–H and O–H groups in total. The Morgan fingerprint density at radius 2 is 1.82 bits per heavy atom. The van der Waals surface area contributed by atoms with Crippen LogP contribution in [0.1, 0.15) is 36.8 Å². The summed E-state index contributed by atoms with van der Waals surface area (Å²) in [7, 11) is -3.35. The third-order valence-corrected chi connectivity index (χ3v) is 7.23. The lowest BCUT2D eigenvalue weighted by atomic mass is 10.1. The van der Waals surface area contributed by atoms with Crippen LogP contribution in [-0.2, 0) is 22.9 Å². The third-order valence-electron chi connectivity index (χ3n) is 5.23. The summed E-state index contributed by atoms with van der Waals surface area (Å²) in [5, 5.41) is 3.37. The first-order valence-electron chi connectivity index (χ1n) is 8.02. The fourth-order valence-corrected chi connectivity index (χ4v) is 6.11. The fourth-order valence-electron chi connectivity index (χ4n) is 4.16. The van der Waals surface area contributed by atoms with E-state index in [0.717, 1.165) is 51.6 Å². The zero-order valence-electron chi connectivity index (χ0n) is 12.6. The molecular weight excluding hydrogens is 320 g/mol. The fraction of sp³-hybridized carbons (Fsp3) is 0.625. The molecule has 3 aliphatic rings. The van der Waals surface area contributed by atoms with Gasteiger partial charge in [-0.25, -0.2) is 8.42 Å². The minimum absolute atomic E-state index is 0. The number of hydrogen-bond acceptors (Lipinski definition) is 3. The zero-order chi connectivity index (χ0) is 14.4. The number of nitrogens with zero attached hydrogens (tertiary/aromatic N) is 1. The first-order valence-corrected chi connectivity index (χ1v) is 9.46. The van der Waals surface area contributed by atoms with E-state index in [1.54, 1.807) is 0 Å². The van der Waals surface area contributed by atoms with Crippen molar-refractivity contribution < 1.29 is 8.42 Å². The van der Waals surface area contributed by atoms with Crippen molar-refractivity contribution in [2.75, 3.05) is 13.1 Å². The molecule has 0 radical (unpaired) electrons. The van der Waals surface area contributed by atoms with Gasteiger partial charge in [-0.05, 0) is 68.3 Å². The molecule has 4 rings (SSSR count). The molecule has 2 bridgehead atoms. The lowest BCUT2D eigenvalue weighted by molar-refractivity contribution is 0.334. The van der Waals surface area contributed by atoms with E-state index >= 15 is 0 Å². The normalized spacial score (nSPS) is 28.0. The number of halogens is 1. The average molecular weight is 343 g/mol. The molecule has 2 fully saturated rings. The highest BCUT2D eigenvalue weighted by molar-refractivity contribution is 7.89. The van der Waals surface area contributed by atoms with Crippen LogP contribution in [0.15, 0.2) is 23.1 Å². The Kier molecular flexibility index (Phi) is 4.52. The summed E-state index contributed by atoms with van der Waals surface area (Å²) >= 11 is 0. The van der Waals surface area contributed by atoms with E-state index < -0.39 is 10.0 Å². The summed E-state index contributed by atoms with van der Waals surface area (Å²) in [5.41, 5.74) is 2.56. The Bertz CT molecular complexity index is 648. The van der Waals surface area contributed by atoms with Gasteiger partial charge in [0.05, 0.1) is 4.90 Å². The highest BCUT2D eigenvalue weighted by atomic mass is 35.5. The monoisotopic (exact) mass is 342 g/mol. The van der Waals surface area contributed by atoms with Gasteiger partial charge in [-0.1, -0.05) is 6.07 Å². The van der Waals surface area contributed by atoms with Gasteiger partial charge in [0.1, 0.15) is 0 Å². The molecule has 122 valence electrons. The molecule has 1 aliphatic carbocycles. The molecule has 0 amide bonds. The van der Waals surface area contributed by atoms with Gasteiger partial charge in [-0.15, -0.1) is 12.4 Å². The lowest BCUT2D eigenvalue weighted by Gasteiger charge is -2.27. The molecule has 1 aromatic rings. The van der Waals surface area contributed by atoms with Gasteiger partial charge >= 0.3 is 0 Å². The summed E-state index contributed by atoms with van der Waals surface area (Å²) in [6, 6.07) is 6.08. The first-order chi connectivity index (χ1) is 10.2. The van der Waals surface area contributed by atoms with Crippen LogP contribution in [0.2, 0.25) is 0 Å². The van der Waals surface area contributed by atoms with E-state index in [0.29, 0.717) is 4.90 Å². The molecule has 2 unspecified atom stereocenters. The van der Waals surface area contributed by atoms with E-state index in [-0.39, 0.29) is 24.5 Å². The van der Waals surface area contributed by atoms with Crippen molar-refractivity contribution >= 4 is 22.4 Å². The molecule has 2 saturated heterocycles. The molecule has 2 heterocycles. The SMILES string of the molecule is Cl.O=S(=O)(c1ccc2c(c1)CCC2)N1C2CCNCC1CC2. The van der Waals surface area contributed by atoms with Crippen molar-refractivity contribution in [2.24, 2.45) is 0 Å². The van der Waals surface area contributed by atoms with Crippen molar-refractivity contribution in [2.45, 2.75) is 55.5 Å². The van der Waals surface area contributed by atoms with Crippen LogP contribution in [0.25, 0.3) is 0 Å². The minimum atomic E-state index is -3.35. The van der Waals surface area contributed by atoms with E-state index in [4.69, 9.17) is 0 Å². The second kappa shape index (κ2) is 6.11. The summed E-state index contributed by atoms with van der Waals surface area (Å²) in [4.78, 5) is 0.502. The minimum Gasteiger partial charge on any atom is -0.315 e. The van der Waals surface area contributed by atoms with Crippen LogP contribution in [0.3, 0.4) is 0 Å². The predicted octanol–water partition coefficient (Wildman–Crippen LogP) is 2.11. The molecule has 22 heavy (non-hydrogen) atoms. The molecule has 6 heteroatoms. The summed E-state index contributed by atoms with van der Waals surface area (Å²) < 4.78 is 28.0. The second-order valence-electron chi connectivity index (χ2n) is 6.50. The topological polar surface area (TPSA) is 49.4 Å². The summed E-state index contributed by atoms with van der Waals surface area (Å²) in [6.07, 6.45) is 6.19. The summed E-state index contributed by atoms with van der Waals surface area (Å²) in [6.45, 7) is 1.72. The number of aryl methyl sites for hydroxylation is 2. The molecule has 2 atom stereocenters. The number of sulfonamides is 1. The average Bonchev–Trinajstić information content (AvgIpc) is 3.01. The maximum Gasteiger partial charge on any atom is 0.243 e. The molecular formula is C16H23ClN2O2S. The summed E-state index contributed by atoms with van der Waals surface area (Å²) in [5.74, 6) is 0. The highest BCUT2D eigenvalue weighted by Crippen LogP contribution is 2.35. The molecule has 4 nitrogen and oxygen atoms in total. The molecule has 0 saturated carbocycles. The Morgan fingerprint density at radius 3 is 2.68 bits per heavy atom. The first kappa shape index (κ1) is 16.2. The van der Waals surface area contributed by atoms with Crippen LogP contribution in [0.4, 0.5) is 0 Å². The number of benzene rings is 1. The third kappa shape index (κ3) is 2.58. The van der Waals surface area contributed by atoms with Crippen molar-refractivity contribution in [3.8, 4) is 0 Å². The van der Waals surface area contributed by atoms with Gasteiger partial charge in [0.2, 0.25) is 10.0 Å². The van der Waals surface area contributed by atoms with Gasteiger partial charge in [-0.3, -0.25) is 0 Å². The maximum atomic E-state index is 13.1. The number of rotatable bonds is 2. The number of hydrogen-bond donors (Lipinski definition) is 1. The second-order valence-corrected chi connectivity index (χ2v) is 8.34. The maximum absolute atomic E-state index is 13.1. The van der Waals surface area contributed by atoms with E-state index in [1.165, 1.54) is 11.1 Å². The van der Waals surface area contributed by atoms with Gasteiger partial charge in [-0.2, -0.15) is 4.31 Å². The van der Waals surface area contributed by atoms with E-state index in [1.807, 2.05) is 22.5 Å². The Balaban J connectivity index is 0.00000144. The van der Waals surface area contributed by atoms with Gasteiger partial charge in [0, 0.05) is 18.6 Å². The molecule has 1 aromatic carbocycles. The van der Waals surface area contributed by atoms with Gasteiger partial charge in [0.25, 0.3) is 0 Å². The standard InChI is InChI=1S/C16H22N2O2S.ClH/c19-21(20,16-7-4-12-2-1-3-13(12)10-16)18-14-5-6-15(18)11-17-9-8-14;/h4,7,10,14-15,17H,1-3,5-6,8-9,11H2;1H. The Hall–Kier alpha value is -0.620. The quantitative estimate of drug-likeness (QED) is 0.895. The predicted molar refractivity (Wildman–Crippen MR) is 89.0 cm³/mol. The van der Waals surface area contributed by atoms with Crippen LogP contribution in [0.5, 0.6) is 0 Å². The Labute approximate surface area is 138 Å².